The highest BCUT2D eigenvalue weighted by atomic mass is 16.2. The van der Waals surface area contributed by atoms with Gasteiger partial charge in [0.1, 0.15) is 0 Å². The van der Waals surface area contributed by atoms with Gasteiger partial charge in [0, 0.05) is 12.0 Å². The van der Waals surface area contributed by atoms with Gasteiger partial charge in [-0.15, -0.1) is 0 Å². The molecule has 2 heteroatoms. The summed E-state index contributed by atoms with van der Waals surface area (Å²) in [5.74, 6) is 2.84. The molecule has 4 aliphatic rings. The molecule has 1 aromatic rings. The van der Waals surface area contributed by atoms with Crippen LogP contribution in [0.4, 0.5) is 0 Å². The lowest BCUT2D eigenvalue weighted by molar-refractivity contribution is -0.146. The van der Waals surface area contributed by atoms with E-state index in [9.17, 15) is 4.79 Å². The quantitative estimate of drug-likeness (QED) is 0.897. The number of carbonyl (C=O) groups excluding carboxylic acids is 1. The minimum absolute atomic E-state index is 0.0144. The molecule has 0 atom stereocenters. The van der Waals surface area contributed by atoms with Crippen LogP contribution in [0.1, 0.15) is 49.7 Å². The first-order valence-corrected chi connectivity index (χ1v) is 8.47. The van der Waals surface area contributed by atoms with Crippen molar-refractivity contribution >= 4 is 5.91 Å². The number of carbonyl (C=O) groups is 1. The van der Waals surface area contributed by atoms with Gasteiger partial charge in [-0.1, -0.05) is 29.8 Å². The molecule has 1 N–H and O–H groups in total. The third-order valence-electron chi connectivity index (χ3n) is 6.09. The van der Waals surface area contributed by atoms with Crippen molar-refractivity contribution in [1.82, 2.24) is 5.32 Å². The smallest absolute Gasteiger partial charge is 0.226 e. The second-order valence-corrected chi connectivity index (χ2v) is 7.87. The van der Waals surface area contributed by atoms with Gasteiger partial charge in [-0.3, -0.25) is 4.79 Å². The van der Waals surface area contributed by atoms with E-state index >= 15 is 0 Å². The fourth-order valence-corrected chi connectivity index (χ4v) is 5.46. The predicted molar refractivity (Wildman–Crippen MR) is 83.6 cm³/mol. The summed E-state index contributed by atoms with van der Waals surface area (Å²) in [7, 11) is 0. The molecule has 4 bridgehead atoms. The third-order valence-corrected chi connectivity index (χ3v) is 6.09. The van der Waals surface area contributed by atoms with E-state index in [-0.39, 0.29) is 5.41 Å². The average molecular weight is 283 g/mol. The number of nitrogens with one attached hydrogen (secondary N) is 1. The van der Waals surface area contributed by atoms with Crippen LogP contribution in [0.25, 0.3) is 0 Å². The predicted octanol–water partition coefficient (Wildman–Crippen LogP) is 3.83. The van der Waals surface area contributed by atoms with Crippen LogP contribution in [0.3, 0.4) is 0 Å². The van der Waals surface area contributed by atoms with Gasteiger partial charge in [0.15, 0.2) is 0 Å². The van der Waals surface area contributed by atoms with Crippen molar-refractivity contribution < 1.29 is 4.79 Å². The van der Waals surface area contributed by atoms with E-state index in [0.29, 0.717) is 12.5 Å². The number of rotatable bonds is 3. The highest BCUT2D eigenvalue weighted by Crippen LogP contribution is 2.60. The lowest BCUT2D eigenvalue weighted by Gasteiger charge is -2.55. The van der Waals surface area contributed by atoms with E-state index in [1.165, 1.54) is 30.4 Å². The van der Waals surface area contributed by atoms with Crippen LogP contribution < -0.4 is 5.32 Å². The minimum Gasteiger partial charge on any atom is -0.352 e. The lowest BCUT2D eigenvalue weighted by Crippen LogP contribution is -2.53. The molecule has 5 rings (SSSR count). The van der Waals surface area contributed by atoms with Crippen molar-refractivity contribution in [3.8, 4) is 0 Å². The maximum absolute atomic E-state index is 12.8. The summed E-state index contributed by atoms with van der Waals surface area (Å²) in [6.07, 6.45) is 7.63. The van der Waals surface area contributed by atoms with Gasteiger partial charge >= 0.3 is 0 Å². The Bertz CT molecular complexity index is 510. The Labute approximate surface area is 127 Å². The molecule has 0 saturated heterocycles. The number of aryl methyl sites for hydroxylation is 1. The Morgan fingerprint density at radius 2 is 1.57 bits per heavy atom. The van der Waals surface area contributed by atoms with E-state index in [4.69, 9.17) is 0 Å². The largest absolute Gasteiger partial charge is 0.352 e. The lowest BCUT2D eigenvalue weighted by atomic mass is 9.49. The molecule has 0 spiro atoms. The Hall–Kier alpha value is -1.31. The van der Waals surface area contributed by atoms with Gasteiger partial charge in [-0.25, -0.2) is 0 Å². The molecule has 0 unspecified atom stereocenters. The molecule has 0 radical (unpaired) electrons. The van der Waals surface area contributed by atoms with E-state index in [0.717, 1.165) is 37.0 Å². The second-order valence-electron chi connectivity index (χ2n) is 7.87. The Kier molecular flexibility index (Phi) is 3.09. The summed E-state index contributed by atoms with van der Waals surface area (Å²) >= 11 is 0. The highest BCUT2D eigenvalue weighted by Gasteiger charge is 2.54. The Morgan fingerprint density at radius 1 is 1.05 bits per heavy atom. The summed E-state index contributed by atoms with van der Waals surface area (Å²) in [5, 5.41) is 3.24. The van der Waals surface area contributed by atoms with E-state index in [1.807, 2.05) is 0 Å². The van der Waals surface area contributed by atoms with E-state index in [2.05, 4.69) is 36.5 Å². The summed E-state index contributed by atoms with van der Waals surface area (Å²) in [5.41, 5.74) is 2.46. The standard InChI is InChI=1S/C19H25NO/c1-13-2-4-14(5-3-13)12-20-18(21)19-9-15-6-16(10-19)8-17(7-15)11-19/h2-5,15-17H,6-12H2,1H3,(H,20,21). The van der Waals surface area contributed by atoms with E-state index in [1.54, 1.807) is 0 Å². The zero-order chi connectivity index (χ0) is 14.4. The summed E-state index contributed by atoms with van der Waals surface area (Å²) in [6, 6.07) is 8.48. The van der Waals surface area contributed by atoms with Crippen LogP contribution in [-0.2, 0) is 11.3 Å². The number of amides is 1. The zero-order valence-electron chi connectivity index (χ0n) is 12.9. The van der Waals surface area contributed by atoms with Crippen LogP contribution >= 0.6 is 0 Å². The molecule has 1 amide bonds. The van der Waals surface area contributed by atoms with Crippen LogP contribution in [0.2, 0.25) is 0 Å². The molecule has 4 aliphatic carbocycles. The first-order valence-electron chi connectivity index (χ1n) is 8.47. The fraction of sp³-hybridized carbons (Fsp3) is 0.632. The highest BCUT2D eigenvalue weighted by molar-refractivity contribution is 5.83. The molecule has 2 nitrogen and oxygen atoms in total. The summed E-state index contributed by atoms with van der Waals surface area (Å²) in [4.78, 5) is 12.8. The van der Waals surface area contributed by atoms with Gasteiger partial charge in [-0.2, -0.15) is 0 Å². The van der Waals surface area contributed by atoms with Gasteiger partial charge in [0.2, 0.25) is 5.91 Å². The molecule has 0 aliphatic heterocycles. The summed E-state index contributed by atoms with van der Waals surface area (Å²) in [6.45, 7) is 2.78. The van der Waals surface area contributed by atoms with Crippen LogP contribution in [0.15, 0.2) is 24.3 Å². The molecular formula is C19H25NO. The van der Waals surface area contributed by atoms with Gasteiger partial charge < -0.3 is 5.32 Å². The molecular weight excluding hydrogens is 258 g/mol. The first kappa shape index (κ1) is 13.4. The Balaban J connectivity index is 1.44. The number of benzene rings is 1. The van der Waals surface area contributed by atoms with Crippen molar-refractivity contribution in [2.75, 3.05) is 0 Å². The van der Waals surface area contributed by atoms with Crippen LogP contribution in [0, 0.1) is 30.1 Å². The second kappa shape index (κ2) is 4.86. The normalized spacial score (nSPS) is 36.7. The van der Waals surface area contributed by atoms with Gasteiger partial charge in [0.05, 0.1) is 0 Å². The fourth-order valence-electron chi connectivity index (χ4n) is 5.46. The van der Waals surface area contributed by atoms with Gasteiger partial charge in [-0.05, 0) is 68.8 Å². The maximum atomic E-state index is 12.8. The first-order chi connectivity index (χ1) is 10.1. The Morgan fingerprint density at radius 3 is 2.10 bits per heavy atom. The van der Waals surface area contributed by atoms with Gasteiger partial charge in [0.25, 0.3) is 0 Å². The van der Waals surface area contributed by atoms with Crippen molar-refractivity contribution in [3.05, 3.63) is 35.4 Å². The van der Waals surface area contributed by atoms with Crippen molar-refractivity contribution in [2.45, 2.75) is 52.0 Å². The molecule has 112 valence electrons. The third kappa shape index (κ3) is 2.39. The maximum Gasteiger partial charge on any atom is 0.226 e. The van der Waals surface area contributed by atoms with Crippen molar-refractivity contribution in [1.29, 1.82) is 0 Å². The number of hydrogen-bond acceptors (Lipinski definition) is 1. The molecule has 21 heavy (non-hydrogen) atoms. The van der Waals surface area contributed by atoms with E-state index < -0.39 is 0 Å². The zero-order valence-corrected chi connectivity index (χ0v) is 12.9. The van der Waals surface area contributed by atoms with Crippen molar-refractivity contribution in [3.63, 3.8) is 0 Å². The van der Waals surface area contributed by atoms with Crippen molar-refractivity contribution in [2.24, 2.45) is 23.2 Å². The van der Waals surface area contributed by atoms with Crippen LogP contribution in [0.5, 0.6) is 0 Å². The topological polar surface area (TPSA) is 29.1 Å². The molecule has 0 heterocycles. The number of hydrogen-bond donors (Lipinski definition) is 1. The summed E-state index contributed by atoms with van der Waals surface area (Å²) < 4.78 is 0. The molecule has 4 fully saturated rings. The molecule has 4 saturated carbocycles. The molecule has 0 aromatic heterocycles. The monoisotopic (exact) mass is 283 g/mol. The van der Waals surface area contributed by atoms with Crippen LogP contribution in [-0.4, -0.2) is 5.91 Å². The average Bonchev–Trinajstić information content (AvgIpc) is 2.45. The minimum atomic E-state index is -0.0144. The SMILES string of the molecule is Cc1ccc(CNC(=O)C23CC4CC(CC(C4)C2)C3)cc1. The molecule has 1 aromatic carbocycles.